The highest BCUT2D eigenvalue weighted by Crippen LogP contribution is 2.46. The summed E-state index contributed by atoms with van der Waals surface area (Å²) in [6.45, 7) is 4.22. The van der Waals surface area contributed by atoms with Crippen LogP contribution in [0.1, 0.15) is 42.9 Å². The molecular weight excluding hydrogens is 597 g/mol. The molecular formula is C46H38N2O. The number of anilines is 1. The third-order valence-corrected chi connectivity index (χ3v) is 10.0. The summed E-state index contributed by atoms with van der Waals surface area (Å²) in [5.41, 5.74) is 9.75. The molecule has 0 aromatic heterocycles. The predicted octanol–water partition coefficient (Wildman–Crippen LogP) is 12.2. The fraction of sp³-hybridized carbons (Fsp3) is 0.109. The number of allylic oxidation sites excluding steroid dienone is 3. The monoisotopic (exact) mass is 634 g/mol. The summed E-state index contributed by atoms with van der Waals surface area (Å²) in [7, 11) is 2.16. The lowest BCUT2D eigenvalue weighted by atomic mass is 9.79. The molecule has 0 aliphatic heterocycles. The number of rotatable bonds is 6. The highest BCUT2D eigenvalue weighted by Gasteiger charge is 2.25. The summed E-state index contributed by atoms with van der Waals surface area (Å²) in [5, 5.41) is 18.1. The zero-order valence-corrected chi connectivity index (χ0v) is 28.1. The summed E-state index contributed by atoms with van der Waals surface area (Å²) in [6, 6.07) is 46.5. The van der Waals surface area contributed by atoms with Gasteiger partial charge in [-0.25, -0.2) is 0 Å². The van der Waals surface area contributed by atoms with Crippen LogP contribution in [0.25, 0.3) is 49.5 Å². The van der Waals surface area contributed by atoms with Crippen LogP contribution in [0.2, 0.25) is 0 Å². The minimum absolute atomic E-state index is 0.249. The van der Waals surface area contributed by atoms with Crippen molar-refractivity contribution in [3.8, 4) is 16.9 Å². The van der Waals surface area contributed by atoms with E-state index in [2.05, 4.69) is 153 Å². The number of hydrogen-bond donors (Lipinski definition) is 1. The average Bonchev–Trinajstić information content (AvgIpc) is 3.14. The Morgan fingerprint density at radius 3 is 2.02 bits per heavy atom. The van der Waals surface area contributed by atoms with E-state index in [1.54, 1.807) is 6.07 Å². The van der Waals surface area contributed by atoms with Crippen molar-refractivity contribution < 1.29 is 5.11 Å². The molecule has 1 N–H and O–H groups in total. The first kappa shape index (κ1) is 30.4. The second kappa shape index (κ2) is 12.6. The molecule has 0 saturated carbocycles. The van der Waals surface area contributed by atoms with Gasteiger partial charge in [0, 0.05) is 41.2 Å². The summed E-state index contributed by atoms with van der Waals surface area (Å²) < 4.78 is 0. The highest BCUT2D eigenvalue weighted by atomic mass is 16.3. The lowest BCUT2D eigenvalue weighted by Gasteiger charge is -2.30. The molecule has 3 nitrogen and oxygen atoms in total. The fourth-order valence-electron chi connectivity index (χ4n) is 7.60. The van der Waals surface area contributed by atoms with E-state index in [4.69, 9.17) is 4.99 Å². The third kappa shape index (κ3) is 5.48. The smallest absolute Gasteiger partial charge is 0.124 e. The molecule has 0 fully saturated rings. The molecule has 0 heterocycles. The van der Waals surface area contributed by atoms with Crippen molar-refractivity contribution in [3.05, 3.63) is 168 Å². The summed E-state index contributed by atoms with van der Waals surface area (Å²) >= 11 is 0. The highest BCUT2D eigenvalue weighted by molar-refractivity contribution is 6.12. The number of nitrogens with zero attached hydrogens (tertiary/aromatic N) is 2. The number of aliphatic imine (C=N–C) groups is 1. The molecule has 238 valence electrons. The second-order valence-corrected chi connectivity index (χ2v) is 13.0. The van der Waals surface area contributed by atoms with Gasteiger partial charge in [0.25, 0.3) is 0 Å². The average molecular weight is 635 g/mol. The van der Waals surface area contributed by atoms with E-state index in [0.717, 1.165) is 56.2 Å². The predicted molar refractivity (Wildman–Crippen MR) is 209 cm³/mol. The van der Waals surface area contributed by atoms with Crippen LogP contribution in [0.4, 0.5) is 11.4 Å². The normalized spacial score (nSPS) is 14.8. The number of aromatic hydroxyl groups is 1. The first-order chi connectivity index (χ1) is 24.0. The Morgan fingerprint density at radius 2 is 1.27 bits per heavy atom. The van der Waals surface area contributed by atoms with E-state index in [0.29, 0.717) is 0 Å². The number of fused-ring (bicyclic) bond motifs is 4. The molecule has 1 atom stereocenters. The Morgan fingerprint density at radius 1 is 0.673 bits per heavy atom. The van der Waals surface area contributed by atoms with E-state index >= 15 is 0 Å². The van der Waals surface area contributed by atoms with Crippen LogP contribution in [0.3, 0.4) is 0 Å². The molecule has 7 aromatic carbocycles. The van der Waals surface area contributed by atoms with Gasteiger partial charge in [-0.05, 0) is 93.6 Å². The van der Waals surface area contributed by atoms with Gasteiger partial charge in [-0.3, -0.25) is 4.99 Å². The van der Waals surface area contributed by atoms with Gasteiger partial charge in [-0.15, -0.1) is 0 Å². The number of phenols is 1. The van der Waals surface area contributed by atoms with Crippen molar-refractivity contribution in [2.75, 3.05) is 11.9 Å². The zero-order chi connectivity index (χ0) is 33.5. The van der Waals surface area contributed by atoms with Crippen LogP contribution >= 0.6 is 0 Å². The minimum Gasteiger partial charge on any atom is -0.507 e. The molecule has 0 amide bonds. The Kier molecular flexibility index (Phi) is 7.81. The van der Waals surface area contributed by atoms with Gasteiger partial charge < -0.3 is 10.0 Å². The molecule has 1 aliphatic carbocycles. The topological polar surface area (TPSA) is 35.8 Å². The molecule has 49 heavy (non-hydrogen) atoms. The standard InChI is InChI=1S/C46H38N2O/c1-30(47-41-26-23-33-14-6-10-20-38(33)45(41)46-39-21-11-7-16-35(39)25-28-43(46)49)29-31(2)48(3)42-27-24-34-15-5-9-19-37(34)44(42)40-22-12-17-32-13-4-8-18-36(32)40/h4-21,23-29,40,49H,22H2,1-3H3/b31-29-,47-30?/t40-/m1/s1. The molecule has 0 bridgehead atoms. The van der Waals surface area contributed by atoms with Crippen molar-refractivity contribution in [1.82, 2.24) is 0 Å². The van der Waals surface area contributed by atoms with Crippen LogP contribution in [0.15, 0.2) is 156 Å². The zero-order valence-electron chi connectivity index (χ0n) is 28.1. The molecule has 0 spiro atoms. The van der Waals surface area contributed by atoms with E-state index in [-0.39, 0.29) is 11.7 Å². The van der Waals surface area contributed by atoms with Gasteiger partial charge in [-0.2, -0.15) is 0 Å². The fourth-order valence-corrected chi connectivity index (χ4v) is 7.60. The van der Waals surface area contributed by atoms with E-state index in [1.165, 1.54) is 33.2 Å². The van der Waals surface area contributed by atoms with E-state index in [1.807, 2.05) is 18.2 Å². The van der Waals surface area contributed by atoms with Crippen LogP contribution in [-0.2, 0) is 0 Å². The quantitative estimate of drug-likeness (QED) is 0.185. The first-order valence-corrected chi connectivity index (χ1v) is 16.9. The van der Waals surface area contributed by atoms with Crippen molar-refractivity contribution in [2.24, 2.45) is 4.99 Å². The Bertz CT molecular complexity index is 2480. The largest absolute Gasteiger partial charge is 0.507 e. The van der Waals surface area contributed by atoms with Crippen molar-refractivity contribution in [2.45, 2.75) is 26.2 Å². The maximum absolute atomic E-state index is 11.3. The molecule has 1 aliphatic rings. The number of phenolic OH excluding ortho intramolecular Hbond substituents is 1. The summed E-state index contributed by atoms with van der Waals surface area (Å²) in [5.74, 6) is 0.499. The second-order valence-electron chi connectivity index (χ2n) is 13.0. The maximum Gasteiger partial charge on any atom is 0.124 e. The van der Waals surface area contributed by atoms with Gasteiger partial charge in [0.2, 0.25) is 0 Å². The van der Waals surface area contributed by atoms with Gasteiger partial charge >= 0.3 is 0 Å². The maximum atomic E-state index is 11.3. The SMILES string of the molecule is CC(/C=C(/C)N(C)c1ccc2ccccc2c1[C@@H]1CC=Cc2ccccc21)=Nc1ccc2ccccc2c1-c1c(O)ccc2ccccc12. The first-order valence-electron chi connectivity index (χ1n) is 16.9. The molecule has 7 aromatic rings. The summed E-state index contributed by atoms with van der Waals surface area (Å²) in [6.07, 6.45) is 7.69. The molecule has 3 heteroatoms. The Hall–Kier alpha value is -5.93. The Labute approximate surface area is 287 Å². The molecule has 0 saturated heterocycles. The van der Waals surface area contributed by atoms with Crippen LogP contribution in [-0.4, -0.2) is 17.9 Å². The third-order valence-electron chi connectivity index (χ3n) is 10.0. The van der Waals surface area contributed by atoms with E-state index < -0.39 is 0 Å². The van der Waals surface area contributed by atoms with Crippen LogP contribution in [0, 0.1) is 0 Å². The molecule has 8 rings (SSSR count). The number of benzene rings is 7. The minimum atomic E-state index is 0.249. The number of hydrogen-bond acceptors (Lipinski definition) is 3. The van der Waals surface area contributed by atoms with Crippen molar-refractivity contribution in [3.63, 3.8) is 0 Å². The van der Waals surface area contributed by atoms with Crippen LogP contribution in [0.5, 0.6) is 5.75 Å². The van der Waals surface area contributed by atoms with Crippen molar-refractivity contribution >= 4 is 55.5 Å². The lowest BCUT2D eigenvalue weighted by Crippen LogP contribution is -2.19. The molecule has 0 unspecified atom stereocenters. The van der Waals surface area contributed by atoms with Gasteiger partial charge in [0.05, 0.1) is 5.69 Å². The summed E-state index contributed by atoms with van der Waals surface area (Å²) in [4.78, 5) is 7.54. The van der Waals surface area contributed by atoms with E-state index in [9.17, 15) is 5.11 Å². The van der Waals surface area contributed by atoms with Crippen LogP contribution < -0.4 is 4.90 Å². The van der Waals surface area contributed by atoms with Gasteiger partial charge in [0.15, 0.2) is 0 Å². The van der Waals surface area contributed by atoms with Gasteiger partial charge in [-0.1, -0.05) is 127 Å². The lowest BCUT2D eigenvalue weighted by molar-refractivity contribution is 0.478. The van der Waals surface area contributed by atoms with Crippen molar-refractivity contribution in [1.29, 1.82) is 0 Å². The molecule has 0 radical (unpaired) electrons. The Balaban J connectivity index is 1.24. The van der Waals surface area contributed by atoms with Gasteiger partial charge in [0.1, 0.15) is 5.75 Å².